The maximum atomic E-state index is 12.7. The number of carbonyl (C=O) groups is 1. The molecule has 0 aliphatic rings. The van der Waals surface area contributed by atoms with Gasteiger partial charge in [-0.15, -0.1) is 0 Å². The first kappa shape index (κ1) is 18.8. The van der Waals surface area contributed by atoms with Gasteiger partial charge in [-0.25, -0.2) is 9.78 Å². The number of amides is 1. The first-order valence-corrected chi connectivity index (χ1v) is 8.84. The van der Waals surface area contributed by atoms with Crippen molar-refractivity contribution in [1.29, 1.82) is 0 Å². The number of pyridine rings is 1. The molecule has 140 valence electrons. The van der Waals surface area contributed by atoms with Crippen molar-refractivity contribution in [3.63, 3.8) is 0 Å². The second-order valence-corrected chi connectivity index (χ2v) is 6.70. The van der Waals surface area contributed by atoms with Crippen LogP contribution in [0.4, 0.5) is 0 Å². The number of halogens is 1. The number of fused-ring (bicyclic) bond motifs is 1. The fourth-order valence-electron chi connectivity index (χ4n) is 2.93. The van der Waals surface area contributed by atoms with E-state index in [1.165, 1.54) is 30.8 Å². The highest BCUT2D eigenvalue weighted by Gasteiger charge is 2.17. The highest BCUT2D eigenvalue weighted by Crippen LogP contribution is 2.19. The number of nitrogens with zero attached hydrogens (tertiary/aromatic N) is 3. The lowest BCUT2D eigenvalue weighted by Crippen LogP contribution is -2.37. The minimum absolute atomic E-state index is 0.137. The molecule has 1 amide bonds. The lowest BCUT2D eigenvalue weighted by molar-refractivity contribution is 0.0931. The van der Waals surface area contributed by atoms with E-state index >= 15 is 0 Å². The molecule has 0 aliphatic heterocycles. The predicted molar refractivity (Wildman–Crippen MR) is 104 cm³/mol. The summed E-state index contributed by atoms with van der Waals surface area (Å²) in [7, 11) is 2.92. The van der Waals surface area contributed by atoms with Gasteiger partial charge in [-0.05, 0) is 36.2 Å². The summed E-state index contributed by atoms with van der Waals surface area (Å²) in [6.07, 6.45) is 0.681. The molecule has 8 heteroatoms. The van der Waals surface area contributed by atoms with E-state index < -0.39 is 11.2 Å². The van der Waals surface area contributed by atoms with Crippen LogP contribution in [0.15, 0.2) is 46.0 Å². The lowest BCUT2D eigenvalue weighted by atomic mass is 10.0. The molecule has 3 aromatic rings. The molecule has 1 N–H and O–H groups in total. The monoisotopic (exact) mass is 386 g/mol. The summed E-state index contributed by atoms with van der Waals surface area (Å²) >= 11 is 5.92. The molecule has 2 heterocycles. The molecule has 0 aliphatic carbocycles. The highest BCUT2D eigenvalue weighted by molar-refractivity contribution is 6.30. The maximum absolute atomic E-state index is 12.7. The van der Waals surface area contributed by atoms with Crippen molar-refractivity contribution >= 4 is 28.5 Å². The smallest absolute Gasteiger partial charge is 0.332 e. The first-order chi connectivity index (χ1) is 12.8. The normalized spacial score (nSPS) is 12.1. The van der Waals surface area contributed by atoms with Crippen LogP contribution >= 0.6 is 11.6 Å². The van der Waals surface area contributed by atoms with E-state index in [0.29, 0.717) is 11.4 Å². The average Bonchev–Trinajstić information content (AvgIpc) is 2.69. The molecule has 0 spiro atoms. The van der Waals surface area contributed by atoms with Gasteiger partial charge in [0.1, 0.15) is 11.3 Å². The number of benzene rings is 1. The standard InChI is InChI=1S/C19H19ClN4O3/c1-4-14(11-5-7-12(20)8-6-11)22-17(25)15-10-9-13-16(21-15)23(2)19(27)24(3)18(13)26/h5-10,14H,4H2,1-3H3,(H,22,25). The van der Waals surface area contributed by atoms with Gasteiger partial charge in [0.2, 0.25) is 0 Å². The number of hydrogen-bond acceptors (Lipinski definition) is 4. The molecule has 0 fully saturated rings. The molecule has 3 rings (SSSR count). The highest BCUT2D eigenvalue weighted by atomic mass is 35.5. The van der Waals surface area contributed by atoms with Crippen LogP contribution in [0.25, 0.3) is 11.0 Å². The zero-order valence-electron chi connectivity index (χ0n) is 15.2. The van der Waals surface area contributed by atoms with Gasteiger partial charge in [0, 0.05) is 19.1 Å². The van der Waals surface area contributed by atoms with E-state index in [-0.39, 0.29) is 28.7 Å². The van der Waals surface area contributed by atoms with Gasteiger partial charge >= 0.3 is 5.69 Å². The van der Waals surface area contributed by atoms with Crippen molar-refractivity contribution in [3.8, 4) is 0 Å². The van der Waals surface area contributed by atoms with Crippen LogP contribution in [0, 0.1) is 0 Å². The maximum Gasteiger partial charge on any atom is 0.332 e. The minimum Gasteiger partial charge on any atom is -0.344 e. The third-order valence-corrected chi connectivity index (χ3v) is 4.77. The van der Waals surface area contributed by atoms with Gasteiger partial charge in [0.15, 0.2) is 0 Å². The molecule has 1 aromatic carbocycles. The van der Waals surface area contributed by atoms with Crippen LogP contribution in [-0.4, -0.2) is 20.0 Å². The van der Waals surface area contributed by atoms with Crippen LogP contribution in [0.1, 0.15) is 35.4 Å². The largest absolute Gasteiger partial charge is 0.344 e. The number of hydrogen-bond donors (Lipinski definition) is 1. The Kier molecular flexibility index (Phi) is 5.14. The number of nitrogens with one attached hydrogen (secondary N) is 1. The summed E-state index contributed by atoms with van der Waals surface area (Å²) in [6.45, 7) is 1.96. The molecule has 2 aromatic heterocycles. The third-order valence-electron chi connectivity index (χ3n) is 4.52. The van der Waals surface area contributed by atoms with Gasteiger partial charge in [-0.1, -0.05) is 30.7 Å². The number of aryl methyl sites for hydroxylation is 1. The molecular formula is C19H19ClN4O3. The van der Waals surface area contributed by atoms with Crippen molar-refractivity contribution in [3.05, 3.63) is 73.5 Å². The van der Waals surface area contributed by atoms with E-state index in [2.05, 4.69) is 10.3 Å². The number of aromatic nitrogens is 3. The lowest BCUT2D eigenvalue weighted by Gasteiger charge is -2.17. The van der Waals surface area contributed by atoms with Gasteiger partial charge in [-0.3, -0.25) is 18.7 Å². The Hall–Kier alpha value is -2.93. The fourth-order valence-corrected chi connectivity index (χ4v) is 3.05. The van der Waals surface area contributed by atoms with Crippen molar-refractivity contribution in [1.82, 2.24) is 19.4 Å². The summed E-state index contributed by atoms with van der Waals surface area (Å²) in [5.41, 5.74) is 0.302. The first-order valence-electron chi connectivity index (χ1n) is 8.46. The van der Waals surface area contributed by atoms with E-state index in [9.17, 15) is 14.4 Å². The Morgan fingerprint density at radius 3 is 2.41 bits per heavy atom. The zero-order chi connectivity index (χ0) is 19.7. The SMILES string of the molecule is CCC(NC(=O)c1ccc2c(=O)n(C)c(=O)n(C)c2n1)c1ccc(Cl)cc1. The summed E-state index contributed by atoms with van der Waals surface area (Å²) < 4.78 is 2.27. The Labute approximate surface area is 160 Å². The van der Waals surface area contributed by atoms with Crippen molar-refractivity contribution < 1.29 is 4.79 Å². The second kappa shape index (κ2) is 7.36. The molecule has 7 nitrogen and oxygen atoms in total. The minimum atomic E-state index is -0.495. The van der Waals surface area contributed by atoms with Gasteiger partial charge in [0.25, 0.3) is 11.5 Å². The molecular weight excluding hydrogens is 368 g/mol. The molecule has 1 atom stereocenters. The summed E-state index contributed by atoms with van der Waals surface area (Å²) in [6, 6.07) is 10.0. The molecule has 0 saturated heterocycles. The zero-order valence-corrected chi connectivity index (χ0v) is 15.9. The molecule has 27 heavy (non-hydrogen) atoms. The van der Waals surface area contributed by atoms with E-state index in [1.54, 1.807) is 12.1 Å². The van der Waals surface area contributed by atoms with Crippen LogP contribution in [0.2, 0.25) is 5.02 Å². The molecule has 0 saturated carbocycles. The van der Waals surface area contributed by atoms with E-state index in [1.807, 2.05) is 19.1 Å². The van der Waals surface area contributed by atoms with Crippen LogP contribution in [-0.2, 0) is 14.1 Å². The summed E-state index contributed by atoms with van der Waals surface area (Å²) in [5, 5.41) is 3.83. The van der Waals surface area contributed by atoms with Gasteiger partial charge < -0.3 is 5.32 Å². The number of carbonyl (C=O) groups excluding carboxylic acids is 1. The quantitative estimate of drug-likeness (QED) is 0.744. The van der Waals surface area contributed by atoms with Gasteiger partial charge in [0.05, 0.1) is 11.4 Å². The van der Waals surface area contributed by atoms with Crippen LogP contribution in [0.3, 0.4) is 0 Å². The van der Waals surface area contributed by atoms with Crippen molar-refractivity contribution in [2.24, 2.45) is 14.1 Å². The van der Waals surface area contributed by atoms with Gasteiger partial charge in [-0.2, -0.15) is 0 Å². The fraction of sp³-hybridized carbons (Fsp3) is 0.263. The van der Waals surface area contributed by atoms with E-state index in [0.717, 1.165) is 10.1 Å². The topological polar surface area (TPSA) is 86.0 Å². The summed E-state index contributed by atoms with van der Waals surface area (Å²) in [4.78, 5) is 41.2. The van der Waals surface area contributed by atoms with Crippen LogP contribution in [0.5, 0.6) is 0 Å². The molecule has 0 radical (unpaired) electrons. The molecule has 0 bridgehead atoms. The number of rotatable bonds is 4. The third kappa shape index (κ3) is 3.50. The second-order valence-electron chi connectivity index (χ2n) is 6.26. The molecule has 1 unspecified atom stereocenters. The summed E-state index contributed by atoms with van der Waals surface area (Å²) in [5.74, 6) is -0.383. The Morgan fingerprint density at radius 1 is 1.11 bits per heavy atom. The van der Waals surface area contributed by atoms with E-state index in [4.69, 9.17) is 11.6 Å². The Balaban J connectivity index is 1.97. The predicted octanol–water partition coefficient (Wildman–Crippen LogP) is 2.17. The van der Waals surface area contributed by atoms with Crippen LogP contribution < -0.4 is 16.6 Å². The van der Waals surface area contributed by atoms with Crippen molar-refractivity contribution in [2.75, 3.05) is 0 Å². The Bertz CT molecular complexity index is 1130. The van der Waals surface area contributed by atoms with Crippen molar-refractivity contribution in [2.45, 2.75) is 19.4 Å². The average molecular weight is 387 g/mol. The Morgan fingerprint density at radius 2 is 1.78 bits per heavy atom.